The van der Waals surface area contributed by atoms with Crippen LogP contribution in [0.1, 0.15) is 29.4 Å². The largest absolute Gasteiger partial charge is 0.309 e. The molecule has 1 unspecified atom stereocenters. The third-order valence-corrected chi connectivity index (χ3v) is 3.59. The Morgan fingerprint density at radius 1 is 1.44 bits per heavy atom. The van der Waals surface area contributed by atoms with E-state index in [1.54, 1.807) is 17.4 Å². The van der Waals surface area contributed by atoms with Crippen molar-refractivity contribution in [1.29, 1.82) is 0 Å². The molecule has 0 aromatic carbocycles. The standard InChI is InChI=1S/C13H16FN3S/c1-3-15-12(6-13-17-9(2)8-18-13)11-5-4-10(14)7-16-11/h4-5,7-8,12,15H,3,6H2,1-2H3. The van der Waals surface area contributed by atoms with Crippen LogP contribution < -0.4 is 5.32 Å². The fraction of sp³-hybridized carbons (Fsp3) is 0.385. The van der Waals surface area contributed by atoms with E-state index in [0.29, 0.717) is 0 Å². The van der Waals surface area contributed by atoms with E-state index in [4.69, 9.17) is 0 Å². The summed E-state index contributed by atoms with van der Waals surface area (Å²) in [6, 6.07) is 3.25. The number of aromatic nitrogens is 2. The number of thiazole rings is 1. The molecule has 1 atom stereocenters. The number of nitrogens with one attached hydrogen (secondary N) is 1. The zero-order valence-electron chi connectivity index (χ0n) is 10.5. The predicted molar refractivity (Wildman–Crippen MR) is 71.2 cm³/mol. The molecule has 96 valence electrons. The molecular weight excluding hydrogens is 249 g/mol. The highest BCUT2D eigenvalue weighted by atomic mass is 32.1. The molecule has 0 amide bonds. The Hall–Kier alpha value is -1.33. The van der Waals surface area contributed by atoms with E-state index in [0.717, 1.165) is 29.4 Å². The Morgan fingerprint density at radius 3 is 2.83 bits per heavy atom. The molecule has 0 radical (unpaired) electrons. The van der Waals surface area contributed by atoms with Crippen LogP contribution in [0.2, 0.25) is 0 Å². The summed E-state index contributed by atoms with van der Waals surface area (Å²) < 4.78 is 12.9. The molecule has 0 fully saturated rings. The number of rotatable bonds is 5. The lowest BCUT2D eigenvalue weighted by molar-refractivity contribution is 0.530. The summed E-state index contributed by atoms with van der Waals surface area (Å²) >= 11 is 1.65. The Morgan fingerprint density at radius 2 is 2.28 bits per heavy atom. The zero-order chi connectivity index (χ0) is 13.0. The molecule has 18 heavy (non-hydrogen) atoms. The van der Waals surface area contributed by atoms with Crippen molar-refractivity contribution in [3.8, 4) is 0 Å². The van der Waals surface area contributed by atoms with Crippen LogP contribution in [0.25, 0.3) is 0 Å². The number of hydrogen-bond donors (Lipinski definition) is 1. The van der Waals surface area contributed by atoms with Crippen molar-refractivity contribution in [3.05, 3.63) is 45.9 Å². The van der Waals surface area contributed by atoms with Gasteiger partial charge in [0.25, 0.3) is 0 Å². The van der Waals surface area contributed by atoms with Crippen LogP contribution >= 0.6 is 11.3 Å². The Labute approximate surface area is 110 Å². The van der Waals surface area contributed by atoms with E-state index >= 15 is 0 Å². The average molecular weight is 265 g/mol. The van der Waals surface area contributed by atoms with E-state index in [9.17, 15) is 4.39 Å². The summed E-state index contributed by atoms with van der Waals surface area (Å²) in [5.74, 6) is -0.306. The van der Waals surface area contributed by atoms with E-state index < -0.39 is 0 Å². The SMILES string of the molecule is CCNC(Cc1nc(C)cs1)c1ccc(F)cn1. The van der Waals surface area contributed by atoms with Gasteiger partial charge in [0.2, 0.25) is 0 Å². The predicted octanol–water partition coefficient (Wildman–Crippen LogP) is 2.88. The molecule has 2 heterocycles. The van der Waals surface area contributed by atoms with Crippen molar-refractivity contribution in [2.75, 3.05) is 6.54 Å². The van der Waals surface area contributed by atoms with Gasteiger partial charge in [-0.05, 0) is 25.6 Å². The average Bonchev–Trinajstić information content (AvgIpc) is 2.75. The topological polar surface area (TPSA) is 37.8 Å². The minimum atomic E-state index is -0.306. The van der Waals surface area contributed by atoms with Crippen LogP contribution in [0.4, 0.5) is 4.39 Å². The third-order valence-electron chi connectivity index (χ3n) is 2.60. The molecule has 0 aliphatic carbocycles. The summed E-state index contributed by atoms with van der Waals surface area (Å²) in [6.07, 6.45) is 2.04. The zero-order valence-corrected chi connectivity index (χ0v) is 11.3. The third kappa shape index (κ3) is 3.34. The van der Waals surface area contributed by atoms with Crippen LogP contribution in [-0.2, 0) is 6.42 Å². The van der Waals surface area contributed by atoms with E-state index in [2.05, 4.69) is 15.3 Å². The molecular formula is C13H16FN3S. The second-order valence-electron chi connectivity index (χ2n) is 4.10. The van der Waals surface area contributed by atoms with Gasteiger partial charge in [-0.3, -0.25) is 4.98 Å². The first kappa shape index (κ1) is 13.1. The van der Waals surface area contributed by atoms with Crippen molar-refractivity contribution in [1.82, 2.24) is 15.3 Å². The lowest BCUT2D eigenvalue weighted by Gasteiger charge is -2.15. The summed E-state index contributed by atoms with van der Waals surface area (Å²) in [7, 11) is 0. The van der Waals surface area contributed by atoms with Gasteiger partial charge in [0.1, 0.15) is 5.82 Å². The van der Waals surface area contributed by atoms with E-state index in [-0.39, 0.29) is 11.9 Å². The highest BCUT2D eigenvalue weighted by Gasteiger charge is 2.14. The molecule has 1 N–H and O–H groups in total. The van der Waals surface area contributed by atoms with Gasteiger partial charge in [-0.1, -0.05) is 6.92 Å². The maximum atomic E-state index is 12.9. The monoisotopic (exact) mass is 265 g/mol. The number of likely N-dealkylation sites (N-methyl/N-ethyl adjacent to an activating group) is 1. The van der Waals surface area contributed by atoms with Gasteiger partial charge in [0.05, 0.1) is 22.9 Å². The molecule has 0 spiro atoms. The fourth-order valence-corrected chi connectivity index (χ4v) is 2.61. The highest BCUT2D eigenvalue weighted by Crippen LogP contribution is 2.19. The fourth-order valence-electron chi connectivity index (χ4n) is 1.79. The van der Waals surface area contributed by atoms with Gasteiger partial charge >= 0.3 is 0 Å². The first-order chi connectivity index (χ1) is 8.69. The molecule has 3 nitrogen and oxygen atoms in total. The first-order valence-corrected chi connectivity index (χ1v) is 6.83. The Bertz CT molecular complexity index is 495. The molecule has 2 aromatic rings. The van der Waals surface area contributed by atoms with Crippen molar-refractivity contribution in [2.24, 2.45) is 0 Å². The first-order valence-electron chi connectivity index (χ1n) is 5.95. The molecule has 2 rings (SSSR count). The minimum Gasteiger partial charge on any atom is -0.309 e. The number of pyridine rings is 1. The normalized spacial score (nSPS) is 12.6. The van der Waals surface area contributed by atoms with Crippen LogP contribution in [-0.4, -0.2) is 16.5 Å². The lowest BCUT2D eigenvalue weighted by atomic mass is 10.1. The molecule has 0 aliphatic heterocycles. The molecule has 0 bridgehead atoms. The summed E-state index contributed by atoms with van der Waals surface area (Å²) in [5, 5.41) is 6.47. The highest BCUT2D eigenvalue weighted by molar-refractivity contribution is 7.09. The summed E-state index contributed by atoms with van der Waals surface area (Å²) in [5.41, 5.74) is 1.89. The van der Waals surface area contributed by atoms with Gasteiger partial charge in [-0.2, -0.15) is 0 Å². The van der Waals surface area contributed by atoms with Crippen LogP contribution in [0, 0.1) is 12.7 Å². The van der Waals surface area contributed by atoms with Gasteiger partial charge < -0.3 is 5.32 Å². The lowest BCUT2D eigenvalue weighted by Crippen LogP contribution is -2.23. The number of halogens is 1. The second-order valence-corrected chi connectivity index (χ2v) is 5.04. The molecule has 0 saturated heterocycles. The van der Waals surface area contributed by atoms with Crippen molar-refractivity contribution in [3.63, 3.8) is 0 Å². The van der Waals surface area contributed by atoms with Crippen LogP contribution in [0.15, 0.2) is 23.7 Å². The summed E-state index contributed by atoms with van der Waals surface area (Å²) in [4.78, 5) is 8.59. The van der Waals surface area contributed by atoms with E-state index in [1.807, 2.05) is 19.2 Å². The maximum absolute atomic E-state index is 12.9. The van der Waals surface area contributed by atoms with Gasteiger partial charge in [0.15, 0.2) is 0 Å². The van der Waals surface area contributed by atoms with Gasteiger partial charge in [-0.25, -0.2) is 9.37 Å². The smallest absolute Gasteiger partial charge is 0.141 e. The Kier molecular flexibility index (Phi) is 4.38. The van der Waals surface area contributed by atoms with Crippen LogP contribution in [0.3, 0.4) is 0 Å². The molecule has 0 aliphatic rings. The quantitative estimate of drug-likeness (QED) is 0.903. The maximum Gasteiger partial charge on any atom is 0.141 e. The van der Waals surface area contributed by atoms with E-state index in [1.165, 1.54) is 12.3 Å². The second kappa shape index (κ2) is 6.02. The molecule has 2 aromatic heterocycles. The number of aryl methyl sites for hydroxylation is 1. The van der Waals surface area contributed by atoms with Gasteiger partial charge in [-0.15, -0.1) is 11.3 Å². The van der Waals surface area contributed by atoms with Gasteiger partial charge in [0, 0.05) is 17.5 Å². The minimum absolute atomic E-state index is 0.0844. The molecule has 5 heteroatoms. The van der Waals surface area contributed by atoms with Crippen LogP contribution in [0.5, 0.6) is 0 Å². The van der Waals surface area contributed by atoms with Crippen molar-refractivity contribution >= 4 is 11.3 Å². The summed E-state index contributed by atoms with van der Waals surface area (Å²) in [6.45, 7) is 4.87. The number of nitrogens with zero attached hydrogens (tertiary/aromatic N) is 2. The van der Waals surface area contributed by atoms with Crippen molar-refractivity contribution < 1.29 is 4.39 Å². The molecule has 0 saturated carbocycles. The number of hydrogen-bond acceptors (Lipinski definition) is 4. The Balaban J connectivity index is 2.14. The van der Waals surface area contributed by atoms with Crippen molar-refractivity contribution in [2.45, 2.75) is 26.3 Å².